The standard InChI is InChI=1S/C11H12N4O/c1-8-6-14-9(7-13-8)10(16)5-11-12-3-4-15(11)2/h3-4,6-7H,5H2,1-2H3. The molecule has 5 nitrogen and oxygen atoms in total. The molecule has 0 unspecified atom stereocenters. The highest BCUT2D eigenvalue weighted by Gasteiger charge is 2.11. The van der Waals surface area contributed by atoms with Gasteiger partial charge in [0, 0.05) is 25.6 Å². The highest BCUT2D eigenvalue weighted by atomic mass is 16.1. The highest BCUT2D eigenvalue weighted by molar-refractivity contribution is 5.95. The predicted octanol–water partition coefficient (Wildman–Crippen LogP) is 0.944. The van der Waals surface area contributed by atoms with Gasteiger partial charge in [0.2, 0.25) is 0 Å². The molecule has 0 aliphatic rings. The Kier molecular flexibility index (Phi) is 2.76. The molecule has 0 atom stereocenters. The molecule has 0 saturated heterocycles. The van der Waals surface area contributed by atoms with Crippen molar-refractivity contribution in [3.05, 3.63) is 42.0 Å². The molecule has 0 N–H and O–H groups in total. The van der Waals surface area contributed by atoms with Gasteiger partial charge in [0.15, 0.2) is 5.78 Å². The second-order valence-electron chi connectivity index (χ2n) is 3.60. The number of nitrogens with zero attached hydrogens (tertiary/aromatic N) is 4. The zero-order valence-electron chi connectivity index (χ0n) is 9.21. The van der Waals surface area contributed by atoms with Crippen LogP contribution in [-0.4, -0.2) is 25.3 Å². The van der Waals surface area contributed by atoms with Crippen LogP contribution in [0, 0.1) is 6.92 Å². The summed E-state index contributed by atoms with van der Waals surface area (Å²) in [5.41, 5.74) is 1.18. The van der Waals surface area contributed by atoms with Crippen LogP contribution in [0.15, 0.2) is 24.8 Å². The number of carbonyl (C=O) groups excluding carboxylic acids is 1. The molecule has 2 aromatic heterocycles. The van der Waals surface area contributed by atoms with Gasteiger partial charge in [-0.25, -0.2) is 9.97 Å². The Hall–Kier alpha value is -2.04. The zero-order chi connectivity index (χ0) is 11.5. The van der Waals surface area contributed by atoms with E-state index in [2.05, 4.69) is 15.0 Å². The molecule has 5 heteroatoms. The first kappa shape index (κ1) is 10.5. The predicted molar refractivity (Wildman–Crippen MR) is 58.0 cm³/mol. The smallest absolute Gasteiger partial charge is 0.190 e. The second-order valence-corrected chi connectivity index (χ2v) is 3.60. The third-order valence-electron chi connectivity index (χ3n) is 2.31. The normalized spacial score (nSPS) is 10.4. The summed E-state index contributed by atoms with van der Waals surface area (Å²) in [7, 11) is 1.86. The van der Waals surface area contributed by atoms with E-state index in [1.165, 1.54) is 6.20 Å². The molecule has 0 amide bonds. The maximum absolute atomic E-state index is 11.8. The Labute approximate surface area is 93.2 Å². The molecule has 0 aliphatic heterocycles. The minimum absolute atomic E-state index is 0.0678. The van der Waals surface area contributed by atoms with Crippen molar-refractivity contribution in [2.24, 2.45) is 7.05 Å². The number of carbonyl (C=O) groups is 1. The number of aryl methyl sites for hydroxylation is 2. The van der Waals surface area contributed by atoms with E-state index in [-0.39, 0.29) is 12.2 Å². The van der Waals surface area contributed by atoms with E-state index < -0.39 is 0 Å². The number of hydrogen-bond donors (Lipinski definition) is 0. The molecule has 16 heavy (non-hydrogen) atoms. The van der Waals surface area contributed by atoms with Crippen LogP contribution in [0.25, 0.3) is 0 Å². The van der Waals surface area contributed by atoms with Gasteiger partial charge in [-0.05, 0) is 6.92 Å². The lowest BCUT2D eigenvalue weighted by Gasteiger charge is -2.01. The highest BCUT2D eigenvalue weighted by Crippen LogP contribution is 2.02. The molecular weight excluding hydrogens is 204 g/mol. The molecule has 0 fully saturated rings. The van der Waals surface area contributed by atoms with E-state index in [0.717, 1.165) is 11.5 Å². The van der Waals surface area contributed by atoms with Crippen LogP contribution in [0.4, 0.5) is 0 Å². The lowest BCUT2D eigenvalue weighted by Crippen LogP contribution is -2.10. The largest absolute Gasteiger partial charge is 0.338 e. The molecular formula is C11H12N4O. The number of rotatable bonds is 3. The first-order valence-electron chi connectivity index (χ1n) is 4.95. The summed E-state index contributed by atoms with van der Waals surface area (Å²) in [6.45, 7) is 1.83. The maximum Gasteiger partial charge on any atom is 0.190 e. The fraction of sp³-hybridized carbons (Fsp3) is 0.273. The van der Waals surface area contributed by atoms with E-state index in [4.69, 9.17) is 0 Å². The second kappa shape index (κ2) is 4.22. The van der Waals surface area contributed by atoms with Crippen molar-refractivity contribution in [2.45, 2.75) is 13.3 Å². The Balaban J connectivity index is 2.15. The molecule has 0 spiro atoms. The fourth-order valence-electron chi connectivity index (χ4n) is 1.34. The van der Waals surface area contributed by atoms with E-state index in [9.17, 15) is 4.79 Å². The quantitative estimate of drug-likeness (QED) is 0.716. The van der Waals surface area contributed by atoms with Crippen molar-refractivity contribution < 1.29 is 4.79 Å². The van der Waals surface area contributed by atoms with Crippen LogP contribution in [0.5, 0.6) is 0 Å². The van der Waals surface area contributed by atoms with Gasteiger partial charge < -0.3 is 4.57 Å². The lowest BCUT2D eigenvalue weighted by molar-refractivity contribution is 0.0985. The molecule has 0 radical (unpaired) electrons. The van der Waals surface area contributed by atoms with Crippen LogP contribution in [0.1, 0.15) is 22.0 Å². The number of imidazole rings is 1. The first-order valence-corrected chi connectivity index (χ1v) is 4.95. The molecule has 2 aromatic rings. The minimum Gasteiger partial charge on any atom is -0.338 e. The van der Waals surface area contributed by atoms with Crippen molar-refractivity contribution in [1.82, 2.24) is 19.5 Å². The van der Waals surface area contributed by atoms with Crippen molar-refractivity contribution in [2.75, 3.05) is 0 Å². The Morgan fingerprint density at radius 3 is 2.69 bits per heavy atom. The Morgan fingerprint density at radius 2 is 2.12 bits per heavy atom. The summed E-state index contributed by atoms with van der Waals surface area (Å²) in [4.78, 5) is 24.0. The Bertz CT molecular complexity index is 501. The van der Waals surface area contributed by atoms with Crippen LogP contribution in [0.2, 0.25) is 0 Å². The number of hydrogen-bond acceptors (Lipinski definition) is 4. The van der Waals surface area contributed by atoms with Crippen molar-refractivity contribution in [3.8, 4) is 0 Å². The molecule has 0 bridgehead atoms. The fourth-order valence-corrected chi connectivity index (χ4v) is 1.34. The van der Waals surface area contributed by atoms with Gasteiger partial charge in [0.05, 0.1) is 18.3 Å². The summed E-state index contributed by atoms with van der Waals surface area (Å²) in [5.74, 6) is 0.661. The van der Waals surface area contributed by atoms with E-state index in [0.29, 0.717) is 5.69 Å². The van der Waals surface area contributed by atoms with Crippen LogP contribution >= 0.6 is 0 Å². The van der Waals surface area contributed by atoms with E-state index in [1.807, 2.05) is 24.7 Å². The average molecular weight is 216 g/mol. The van der Waals surface area contributed by atoms with Gasteiger partial charge in [0.1, 0.15) is 11.5 Å². The van der Waals surface area contributed by atoms with Gasteiger partial charge in [-0.3, -0.25) is 9.78 Å². The monoisotopic (exact) mass is 216 g/mol. The van der Waals surface area contributed by atoms with Gasteiger partial charge in [-0.2, -0.15) is 0 Å². The summed E-state index contributed by atoms with van der Waals surface area (Å²) in [5, 5.41) is 0. The zero-order valence-corrected chi connectivity index (χ0v) is 9.21. The SMILES string of the molecule is Cc1cnc(C(=O)Cc2nccn2C)cn1. The topological polar surface area (TPSA) is 60.7 Å². The van der Waals surface area contributed by atoms with Crippen molar-refractivity contribution in [3.63, 3.8) is 0 Å². The summed E-state index contributed by atoms with van der Waals surface area (Å²) >= 11 is 0. The molecule has 0 saturated carbocycles. The van der Waals surface area contributed by atoms with Crippen LogP contribution in [-0.2, 0) is 13.5 Å². The van der Waals surface area contributed by atoms with Gasteiger partial charge in [-0.1, -0.05) is 0 Å². The lowest BCUT2D eigenvalue weighted by atomic mass is 10.2. The summed E-state index contributed by atoms with van der Waals surface area (Å²) in [6, 6.07) is 0. The van der Waals surface area contributed by atoms with Gasteiger partial charge >= 0.3 is 0 Å². The minimum atomic E-state index is -0.0678. The molecule has 0 aromatic carbocycles. The van der Waals surface area contributed by atoms with Crippen molar-refractivity contribution >= 4 is 5.78 Å². The Morgan fingerprint density at radius 1 is 1.31 bits per heavy atom. The third kappa shape index (κ3) is 2.13. The number of Topliss-reactive ketones (excluding diaryl/α,β-unsaturated/α-hetero) is 1. The molecule has 82 valence electrons. The maximum atomic E-state index is 11.8. The van der Waals surface area contributed by atoms with Gasteiger partial charge in [0.25, 0.3) is 0 Å². The average Bonchev–Trinajstić information content (AvgIpc) is 2.65. The van der Waals surface area contributed by atoms with Crippen molar-refractivity contribution in [1.29, 1.82) is 0 Å². The molecule has 2 rings (SSSR count). The van der Waals surface area contributed by atoms with Crippen LogP contribution in [0.3, 0.4) is 0 Å². The summed E-state index contributed by atoms with van der Waals surface area (Å²) < 4.78 is 1.82. The third-order valence-corrected chi connectivity index (χ3v) is 2.31. The summed E-state index contributed by atoms with van der Waals surface area (Å²) in [6.07, 6.45) is 6.82. The number of ketones is 1. The molecule has 0 aliphatic carbocycles. The first-order chi connectivity index (χ1) is 7.66. The number of aromatic nitrogens is 4. The van der Waals surface area contributed by atoms with Crippen LogP contribution < -0.4 is 0 Å². The van der Waals surface area contributed by atoms with E-state index in [1.54, 1.807) is 12.4 Å². The van der Waals surface area contributed by atoms with Gasteiger partial charge in [-0.15, -0.1) is 0 Å². The molecule has 2 heterocycles. The van der Waals surface area contributed by atoms with E-state index >= 15 is 0 Å².